The van der Waals surface area contributed by atoms with Crippen LogP contribution in [-0.2, 0) is 0 Å². The first kappa shape index (κ1) is 15.1. The highest BCUT2D eigenvalue weighted by atomic mass is 35.5. The molecule has 0 saturated carbocycles. The summed E-state index contributed by atoms with van der Waals surface area (Å²) in [6.07, 6.45) is 3.54. The van der Waals surface area contributed by atoms with E-state index >= 15 is 0 Å². The van der Waals surface area contributed by atoms with Crippen LogP contribution < -0.4 is 9.47 Å². The monoisotopic (exact) mass is 305 g/mol. The predicted octanol–water partition coefficient (Wildman–Crippen LogP) is 3.37. The highest BCUT2D eigenvalue weighted by molar-refractivity contribution is 6.32. The minimum atomic E-state index is 0.429. The average molecular weight is 306 g/mol. The van der Waals surface area contributed by atoms with E-state index < -0.39 is 0 Å². The third-order valence-electron chi connectivity index (χ3n) is 2.99. The van der Waals surface area contributed by atoms with Crippen LogP contribution in [0.5, 0.6) is 11.5 Å². The Balaban J connectivity index is 2.47. The van der Waals surface area contributed by atoms with Crippen molar-refractivity contribution in [2.45, 2.75) is 6.92 Å². The number of halogens is 1. The second-order valence-electron chi connectivity index (χ2n) is 4.13. The number of hydrogen-bond acceptors (Lipinski definition) is 5. The first-order chi connectivity index (χ1) is 10.1. The molecule has 0 spiro atoms. The zero-order chi connectivity index (χ0) is 15.4. The standard InChI is InChI=1S/C15H16ClN3O2/c1-5-15-18-11(9-14(16)19(15)17-2)10-6-7-12(20-3)13(8-10)21-4/h5-9H,2H2,1,3-4H3/b15-5-. The van der Waals surface area contributed by atoms with Gasteiger partial charge >= 0.3 is 0 Å². The molecule has 1 aromatic rings. The number of hydrogen-bond donors (Lipinski definition) is 0. The summed E-state index contributed by atoms with van der Waals surface area (Å²) >= 11 is 6.21. The third-order valence-corrected chi connectivity index (χ3v) is 3.26. The van der Waals surface area contributed by atoms with E-state index in [1.807, 2.05) is 31.2 Å². The fourth-order valence-corrected chi connectivity index (χ4v) is 2.20. The maximum absolute atomic E-state index is 6.21. The lowest BCUT2D eigenvalue weighted by atomic mass is 10.1. The molecule has 21 heavy (non-hydrogen) atoms. The first-order valence-corrected chi connectivity index (χ1v) is 6.63. The van der Waals surface area contributed by atoms with Crippen molar-refractivity contribution in [3.63, 3.8) is 0 Å². The molecule has 1 heterocycles. The van der Waals surface area contributed by atoms with Crippen LogP contribution in [0.1, 0.15) is 12.5 Å². The summed E-state index contributed by atoms with van der Waals surface area (Å²) in [6.45, 7) is 5.34. The van der Waals surface area contributed by atoms with E-state index in [9.17, 15) is 0 Å². The zero-order valence-electron chi connectivity index (χ0n) is 12.1. The predicted molar refractivity (Wildman–Crippen MR) is 85.2 cm³/mol. The summed E-state index contributed by atoms with van der Waals surface area (Å²) < 4.78 is 10.5. The van der Waals surface area contributed by atoms with E-state index in [-0.39, 0.29) is 0 Å². The maximum atomic E-state index is 6.21. The van der Waals surface area contributed by atoms with Crippen LogP contribution in [0.3, 0.4) is 0 Å². The smallest absolute Gasteiger partial charge is 0.161 e. The zero-order valence-corrected chi connectivity index (χ0v) is 12.9. The number of rotatable bonds is 4. The highest BCUT2D eigenvalue weighted by Gasteiger charge is 2.19. The summed E-state index contributed by atoms with van der Waals surface area (Å²) in [5.41, 5.74) is 1.59. The van der Waals surface area contributed by atoms with Gasteiger partial charge in [-0.15, -0.1) is 0 Å². The highest BCUT2D eigenvalue weighted by Crippen LogP contribution is 2.30. The van der Waals surface area contributed by atoms with Crippen LogP contribution in [0.15, 0.2) is 51.4 Å². The van der Waals surface area contributed by atoms with Gasteiger partial charge in [0.15, 0.2) is 17.3 Å². The topological polar surface area (TPSA) is 46.4 Å². The SMILES string of the molecule is C=NN1C(Cl)=CC(c2ccc(OC)c(OC)c2)=N/C1=C/C. The van der Waals surface area contributed by atoms with Crippen molar-refractivity contribution >= 4 is 24.0 Å². The molecule has 110 valence electrons. The molecule has 0 aliphatic carbocycles. The lowest BCUT2D eigenvalue weighted by molar-refractivity contribution is 0.355. The summed E-state index contributed by atoms with van der Waals surface area (Å²) in [5, 5.41) is 5.73. The van der Waals surface area contributed by atoms with Gasteiger partial charge < -0.3 is 9.47 Å². The maximum Gasteiger partial charge on any atom is 0.161 e. The van der Waals surface area contributed by atoms with Crippen molar-refractivity contribution in [1.82, 2.24) is 5.01 Å². The molecule has 0 saturated heterocycles. The molecule has 0 aromatic heterocycles. The van der Waals surface area contributed by atoms with Gasteiger partial charge in [-0.2, -0.15) is 5.10 Å². The Kier molecular flexibility index (Phi) is 4.65. The molecule has 1 aliphatic heterocycles. The normalized spacial score (nSPS) is 16.4. The van der Waals surface area contributed by atoms with Crippen LogP contribution in [0, 0.1) is 0 Å². The van der Waals surface area contributed by atoms with Gasteiger partial charge in [0, 0.05) is 18.4 Å². The number of ether oxygens (including phenoxy) is 2. The molecule has 0 fully saturated rings. The van der Waals surface area contributed by atoms with Crippen LogP contribution in [-0.4, -0.2) is 31.7 Å². The van der Waals surface area contributed by atoms with E-state index in [1.54, 1.807) is 20.3 Å². The minimum Gasteiger partial charge on any atom is -0.493 e. The third kappa shape index (κ3) is 2.92. The van der Waals surface area contributed by atoms with Crippen molar-refractivity contribution in [3.8, 4) is 11.5 Å². The quantitative estimate of drug-likeness (QED) is 0.633. The molecule has 0 N–H and O–H groups in total. The molecule has 6 heteroatoms. The van der Waals surface area contributed by atoms with Gasteiger partial charge in [-0.1, -0.05) is 11.6 Å². The number of allylic oxidation sites excluding steroid dienone is 2. The molecule has 0 amide bonds. The molecule has 1 aromatic carbocycles. The van der Waals surface area contributed by atoms with E-state index in [1.165, 1.54) is 5.01 Å². The summed E-state index contributed by atoms with van der Waals surface area (Å²) in [7, 11) is 3.19. The Bertz CT molecular complexity index is 650. The number of nitrogens with zero attached hydrogens (tertiary/aromatic N) is 3. The number of aliphatic imine (C=N–C) groups is 1. The van der Waals surface area contributed by atoms with Crippen molar-refractivity contribution in [2.24, 2.45) is 10.1 Å². The Morgan fingerprint density at radius 3 is 2.57 bits per heavy atom. The fourth-order valence-electron chi connectivity index (χ4n) is 1.96. The van der Waals surface area contributed by atoms with E-state index in [2.05, 4.69) is 16.8 Å². The molecular weight excluding hydrogens is 290 g/mol. The Hall–Kier alpha value is -2.27. The van der Waals surface area contributed by atoms with Gasteiger partial charge in [-0.25, -0.2) is 10.0 Å². The van der Waals surface area contributed by atoms with E-state index in [0.29, 0.717) is 28.2 Å². The van der Waals surface area contributed by atoms with Crippen molar-refractivity contribution in [1.29, 1.82) is 0 Å². The number of hydrazone groups is 1. The van der Waals surface area contributed by atoms with E-state index in [0.717, 1.165) is 5.56 Å². The van der Waals surface area contributed by atoms with Crippen molar-refractivity contribution in [3.05, 3.63) is 46.9 Å². The van der Waals surface area contributed by atoms with Gasteiger partial charge in [-0.3, -0.25) is 0 Å². The van der Waals surface area contributed by atoms with Crippen molar-refractivity contribution < 1.29 is 9.47 Å². The number of benzene rings is 1. The first-order valence-electron chi connectivity index (χ1n) is 6.26. The molecule has 0 radical (unpaired) electrons. The Morgan fingerprint density at radius 2 is 2.00 bits per heavy atom. The van der Waals surface area contributed by atoms with E-state index in [4.69, 9.17) is 21.1 Å². The molecule has 0 bridgehead atoms. The second-order valence-corrected chi connectivity index (χ2v) is 4.52. The number of methoxy groups -OCH3 is 2. The van der Waals surface area contributed by atoms with Gasteiger partial charge in [0.25, 0.3) is 0 Å². The largest absolute Gasteiger partial charge is 0.493 e. The average Bonchev–Trinajstić information content (AvgIpc) is 2.53. The molecule has 5 nitrogen and oxygen atoms in total. The van der Waals surface area contributed by atoms with Gasteiger partial charge in [0.2, 0.25) is 0 Å². The van der Waals surface area contributed by atoms with Gasteiger partial charge in [-0.05, 0) is 31.2 Å². The Morgan fingerprint density at radius 1 is 1.29 bits per heavy atom. The van der Waals surface area contributed by atoms with Crippen LogP contribution in [0.2, 0.25) is 0 Å². The van der Waals surface area contributed by atoms with Gasteiger partial charge in [0.1, 0.15) is 5.16 Å². The van der Waals surface area contributed by atoms with Gasteiger partial charge in [0.05, 0.1) is 19.9 Å². The van der Waals surface area contributed by atoms with Crippen molar-refractivity contribution in [2.75, 3.05) is 14.2 Å². The van der Waals surface area contributed by atoms with Crippen LogP contribution in [0.4, 0.5) is 0 Å². The fraction of sp³-hybridized carbons (Fsp3) is 0.200. The Labute approximate surface area is 128 Å². The molecule has 0 unspecified atom stereocenters. The molecular formula is C15H16ClN3O2. The second kappa shape index (κ2) is 6.45. The molecule has 0 atom stereocenters. The summed E-state index contributed by atoms with van der Waals surface area (Å²) in [5.74, 6) is 1.91. The van der Waals surface area contributed by atoms with Crippen LogP contribution in [0.25, 0.3) is 0 Å². The minimum absolute atomic E-state index is 0.429. The summed E-state index contributed by atoms with van der Waals surface area (Å²) in [6, 6.07) is 5.57. The lowest BCUT2D eigenvalue weighted by Gasteiger charge is -2.22. The lowest BCUT2D eigenvalue weighted by Crippen LogP contribution is -2.18. The molecule has 2 rings (SSSR count). The molecule has 1 aliphatic rings. The summed E-state index contributed by atoms with van der Waals surface area (Å²) in [4.78, 5) is 4.52. The van der Waals surface area contributed by atoms with Crippen LogP contribution >= 0.6 is 11.6 Å².